The number of amides is 2. The Kier molecular flexibility index (Phi) is 4.94. The molecule has 0 unspecified atom stereocenters. The fraction of sp³-hybridized carbons (Fsp3) is 0.0476. The fourth-order valence-electron chi connectivity index (χ4n) is 2.82. The molecule has 0 spiro atoms. The zero-order chi connectivity index (χ0) is 20.4. The van der Waals surface area contributed by atoms with Gasteiger partial charge in [-0.15, -0.1) is 11.3 Å². The molecule has 0 aliphatic heterocycles. The van der Waals surface area contributed by atoms with Crippen LogP contribution in [0.2, 0.25) is 0 Å². The van der Waals surface area contributed by atoms with Gasteiger partial charge < -0.3 is 10.6 Å². The van der Waals surface area contributed by atoms with Crippen LogP contribution < -0.4 is 10.6 Å². The number of carbonyl (C=O) groups excluding carboxylic acids is 1. The average molecular weight is 413 g/mol. The summed E-state index contributed by atoms with van der Waals surface area (Å²) in [7, 11) is 0. The number of urea groups is 1. The lowest BCUT2D eigenvalue weighted by Crippen LogP contribution is -2.21. The van der Waals surface area contributed by atoms with Crippen LogP contribution in [0.15, 0.2) is 72.8 Å². The summed E-state index contributed by atoms with van der Waals surface area (Å²) in [6.45, 7) is 0. The minimum absolute atomic E-state index is 0.302. The molecule has 0 fully saturated rings. The van der Waals surface area contributed by atoms with E-state index in [-0.39, 0.29) is 5.69 Å². The van der Waals surface area contributed by atoms with Crippen molar-refractivity contribution in [3.05, 3.63) is 78.4 Å². The van der Waals surface area contributed by atoms with E-state index in [9.17, 15) is 18.0 Å². The van der Waals surface area contributed by atoms with Gasteiger partial charge in [0.05, 0.1) is 21.5 Å². The number of hydrogen-bond donors (Lipinski definition) is 2. The summed E-state index contributed by atoms with van der Waals surface area (Å²) in [5, 5.41) is 5.64. The molecule has 29 heavy (non-hydrogen) atoms. The van der Waals surface area contributed by atoms with E-state index in [2.05, 4.69) is 15.6 Å². The average Bonchev–Trinajstić information content (AvgIpc) is 3.12. The Balaban J connectivity index is 1.47. The first-order valence-corrected chi connectivity index (χ1v) is 9.42. The van der Waals surface area contributed by atoms with Crippen LogP contribution in [-0.4, -0.2) is 11.0 Å². The first-order valence-electron chi connectivity index (χ1n) is 8.60. The number of benzene rings is 3. The Morgan fingerprint density at radius 1 is 0.862 bits per heavy atom. The number of fused-ring (bicyclic) bond motifs is 1. The predicted octanol–water partition coefficient (Wildman–Crippen LogP) is 6.63. The molecule has 146 valence electrons. The van der Waals surface area contributed by atoms with Gasteiger partial charge in [-0.2, -0.15) is 13.2 Å². The van der Waals surface area contributed by atoms with E-state index in [1.54, 1.807) is 35.6 Å². The molecule has 0 aliphatic rings. The van der Waals surface area contributed by atoms with Gasteiger partial charge in [0.15, 0.2) is 0 Å². The number of para-hydroxylation sites is 2. The molecular formula is C21H14F3N3OS. The van der Waals surface area contributed by atoms with E-state index in [0.717, 1.165) is 26.9 Å². The van der Waals surface area contributed by atoms with Crippen LogP contribution in [0.1, 0.15) is 5.56 Å². The van der Waals surface area contributed by atoms with Crippen LogP contribution in [0.25, 0.3) is 20.8 Å². The highest BCUT2D eigenvalue weighted by Crippen LogP contribution is 2.34. The third-order valence-electron chi connectivity index (χ3n) is 4.16. The maximum absolute atomic E-state index is 13.0. The van der Waals surface area contributed by atoms with Crippen molar-refractivity contribution in [2.24, 2.45) is 0 Å². The third kappa shape index (κ3) is 4.22. The van der Waals surface area contributed by atoms with E-state index in [4.69, 9.17) is 0 Å². The van der Waals surface area contributed by atoms with Crippen molar-refractivity contribution in [2.45, 2.75) is 6.18 Å². The molecule has 0 saturated carbocycles. The molecule has 0 aliphatic carbocycles. The normalized spacial score (nSPS) is 11.4. The topological polar surface area (TPSA) is 54.0 Å². The summed E-state index contributed by atoms with van der Waals surface area (Å²) >= 11 is 1.56. The van der Waals surface area contributed by atoms with Crippen molar-refractivity contribution >= 4 is 39.0 Å². The molecule has 8 heteroatoms. The third-order valence-corrected chi connectivity index (χ3v) is 5.25. The molecule has 0 radical (unpaired) electrons. The van der Waals surface area contributed by atoms with E-state index in [1.807, 2.05) is 24.3 Å². The number of carbonyl (C=O) groups is 1. The molecule has 0 atom stereocenters. The number of thiazole rings is 1. The number of rotatable bonds is 3. The monoisotopic (exact) mass is 413 g/mol. The largest absolute Gasteiger partial charge is 0.418 e. The lowest BCUT2D eigenvalue weighted by Gasteiger charge is -2.14. The van der Waals surface area contributed by atoms with Crippen LogP contribution in [0.5, 0.6) is 0 Å². The van der Waals surface area contributed by atoms with Gasteiger partial charge >= 0.3 is 12.2 Å². The summed E-state index contributed by atoms with van der Waals surface area (Å²) in [5.74, 6) is 0. The Morgan fingerprint density at radius 3 is 2.28 bits per heavy atom. The predicted molar refractivity (Wildman–Crippen MR) is 109 cm³/mol. The molecule has 1 aromatic heterocycles. The van der Waals surface area contributed by atoms with Crippen molar-refractivity contribution in [3.63, 3.8) is 0 Å². The molecule has 1 heterocycles. The van der Waals surface area contributed by atoms with Crippen LogP contribution >= 0.6 is 11.3 Å². The number of halogens is 3. The van der Waals surface area contributed by atoms with E-state index in [0.29, 0.717) is 5.69 Å². The minimum atomic E-state index is -4.55. The molecule has 4 rings (SSSR count). The minimum Gasteiger partial charge on any atom is -0.308 e. The molecular weight excluding hydrogens is 399 g/mol. The summed E-state index contributed by atoms with van der Waals surface area (Å²) < 4.78 is 40.2. The number of aromatic nitrogens is 1. The Hall–Kier alpha value is -3.39. The molecule has 0 bridgehead atoms. The quantitative estimate of drug-likeness (QED) is 0.396. The second-order valence-electron chi connectivity index (χ2n) is 6.19. The second kappa shape index (κ2) is 7.56. The standard InChI is InChI=1S/C21H14F3N3OS/c22-21(23,24)15-5-1-2-6-16(15)27-20(28)25-14-11-9-13(10-12-14)19-26-17-7-3-4-8-18(17)29-19/h1-12H,(H2,25,27,28). The van der Waals surface area contributed by atoms with Crippen LogP contribution in [0, 0.1) is 0 Å². The lowest BCUT2D eigenvalue weighted by molar-refractivity contribution is -0.136. The van der Waals surface area contributed by atoms with Crippen LogP contribution in [-0.2, 0) is 6.18 Å². The zero-order valence-electron chi connectivity index (χ0n) is 14.8. The van der Waals surface area contributed by atoms with Gasteiger partial charge in [-0.25, -0.2) is 9.78 Å². The van der Waals surface area contributed by atoms with Gasteiger partial charge in [-0.3, -0.25) is 0 Å². The highest BCUT2D eigenvalue weighted by molar-refractivity contribution is 7.21. The fourth-order valence-corrected chi connectivity index (χ4v) is 3.79. The summed E-state index contributed by atoms with van der Waals surface area (Å²) in [4.78, 5) is 16.7. The Bertz CT molecular complexity index is 1140. The van der Waals surface area contributed by atoms with Crippen molar-refractivity contribution in [3.8, 4) is 10.6 Å². The van der Waals surface area contributed by atoms with Crippen molar-refractivity contribution in [1.82, 2.24) is 4.98 Å². The molecule has 2 N–H and O–H groups in total. The zero-order valence-corrected chi connectivity index (χ0v) is 15.6. The lowest BCUT2D eigenvalue weighted by atomic mass is 10.1. The second-order valence-corrected chi connectivity index (χ2v) is 7.22. The van der Waals surface area contributed by atoms with Crippen molar-refractivity contribution < 1.29 is 18.0 Å². The first kappa shape index (κ1) is 18.9. The molecule has 0 saturated heterocycles. The van der Waals surface area contributed by atoms with Crippen molar-refractivity contribution in [1.29, 1.82) is 0 Å². The van der Waals surface area contributed by atoms with Crippen molar-refractivity contribution in [2.75, 3.05) is 10.6 Å². The number of alkyl halides is 3. The van der Waals surface area contributed by atoms with Gasteiger partial charge in [0.1, 0.15) is 5.01 Å². The number of hydrogen-bond acceptors (Lipinski definition) is 3. The molecule has 4 nitrogen and oxygen atoms in total. The van der Waals surface area contributed by atoms with E-state index in [1.165, 1.54) is 18.2 Å². The van der Waals surface area contributed by atoms with Gasteiger partial charge in [0, 0.05) is 11.3 Å². The number of anilines is 2. The molecule has 4 aromatic rings. The van der Waals surface area contributed by atoms with Gasteiger partial charge in [-0.1, -0.05) is 24.3 Å². The number of nitrogens with zero attached hydrogens (tertiary/aromatic N) is 1. The van der Waals surface area contributed by atoms with E-state index >= 15 is 0 Å². The van der Waals surface area contributed by atoms with Crippen LogP contribution in [0.3, 0.4) is 0 Å². The maximum Gasteiger partial charge on any atom is 0.418 e. The summed E-state index contributed by atoms with van der Waals surface area (Å²) in [5.41, 5.74) is 1.05. The highest BCUT2D eigenvalue weighted by Gasteiger charge is 2.33. The first-order chi connectivity index (χ1) is 13.9. The highest BCUT2D eigenvalue weighted by atomic mass is 32.1. The number of nitrogens with one attached hydrogen (secondary N) is 2. The maximum atomic E-state index is 13.0. The smallest absolute Gasteiger partial charge is 0.308 e. The summed E-state index contributed by atoms with van der Waals surface area (Å²) in [6, 6.07) is 18.8. The molecule has 3 aromatic carbocycles. The van der Waals surface area contributed by atoms with Gasteiger partial charge in [-0.05, 0) is 48.5 Å². The van der Waals surface area contributed by atoms with E-state index < -0.39 is 17.8 Å². The SMILES string of the molecule is O=C(Nc1ccc(-c2nc3ccccc3s2)cc1)Nc1ccccc1C(F)(F)F. The van der Waals surface area contributed by atoms with Gasteiger partial charge in [0.2, 0.25) is 0 Å². The summed E-state index contributed by atoms with van der Waals surface area (Å²) in [6.07, 6.45) is -4.55. The molecule has 2 amide bonds. The Morgan fingerprint density at radius 2 is 1.55 bits per heavy atom. The van der Waals surface area contributed by atoms with Crippen LogP contribution in [0.4, 0.5) is 29.3 Å². The van der Waals surface area contributed by atoms with Gasteiger partial charge in [0.25, 0.3) is 0 Å². The Labute approximate surface area is 168 Å².